The van der Waals surface area contributed by atoms with Crippen molar-refractivity contribution in [3.05, 3.63) is 11.8 Å². The Morgan fingerprint density at radius 1 is 1.38 bits per heavy atom. The lowest BCUT2D eigenvalue weighted by Crippen LogP contribution is -2.36. The lowest BCUT2D eigenvalue weighted by atomic mass is 9.80. The van der Waals surface area contributed by atoms with E-state index >= 15 is 0 Å². The molecular weight excluding hydrogens is 298 g/mol. The van der Waals surface area contributed by atoms with E-state index in [2.05, 4.69) is 14.9 Å². The average Bonchev–Trinajstić information content (AvgIpc) is 2.96. The molecule has 9 heteroatoms. The Labute approximate surface area is 122 Å². The molecule has 0 saturated heterocycles. The molecule has 0 spiro atoms. The van der Waals surface area contributed by atoms with Gasteiger partial charge in [0.25, 0.3) is 10.0 Å². The number of aromatic amines is 1. The molecule has 0 aromatic carbocycles. The summed E-state index contributed by atoms with van der Waals surface area (Å²) in [5.41, 5.74) is -0.384. The Morgan fingerprint density at radius 2 is 2.05 bits per heavy atom. The van der Waals surface area contributed by atoms with Gasteiger partial charge < -0.3 is 10.2 Å². The number of H-pyrrole nitrogens is 1. The number of aliphatic hydroxyl groups excluding tert-OH is 1. The van der Waals surface area contributed by atoms with Gasteiger partial charge in [0.15, 0.2) is 5.03 Å². The van der Waals surface area contributed by atoms with Crippen molar-refractivity contribution in [1.29, 1.82) is 0 Å². The summed E-state index contributed by atoms with van der Waals surface area (Å²) >= 11 is 0. The molecule has 0 bridgehead atoms. The van der Waals surface area contributed by atoms with E-state index in [1.165, 1.54) is 0 Å². The summed E-state index contributed by atoms with van der Waals surface area (Å²) in [5.74, 6) is -1.20. The molecular formula is C12H19N3O5S. The third-order valence-corrected chi connectivity index (χ3v) is 5.34. The van der Waals surface area contributed by atoms with Gasteiger partial charge in [-0.2, -0.15) is 5.10 Å². The summed E-state index contributed by atoms with van der Waals surface area (Å²) in [6.07, 6.45) is 4.75. The summed E-state index contributed by atoms with van der Waals surface area (Å²) in [4.78, 5) is 10.9. The number of sulfonamides is 1. The van der Waals surface area contributed by atoms with Gasteiger partial charge in [-0.3, -0.25) is 5.10 Å². The molecule has 118 valence electrons. The minimum absolute atomic E-state index is 0.0385. The highest BCUT2D eigenvalue weighted by molar-refractivity contribution is 7.89. The second kappa shape index (κ2) is 6.54. The summed E-state index contributed by atoms with van der Waals surface area (Å²) in [6.45, 7) is 0.225. The van der Waals surface area contributed by atoms with E-state index in [-0.39, 0.29) is 30.6 Å². The van der Waals surface area contributed by atoms with Crippen LogP contribution in [0.4, 0.5) is 0 Å². The molecule has 1 fully saturated rings. The minimum Gasteiger partial charge on any atom is -0.478 e. The van der Waals surface area contributed by atoms with Crippen LogP contribution in [0.3, 0.4) is 0 Å². The van der Waals surface area contributed by atoms with Crippen molar-refractivity contribution in [3.8, 4) is 0 Å². The first-order valence-electron chi connectivity index (χ1n) is 6.83. The first-order valence-corrected chi connectivity index (χ1v) is 8.31. The number of carboxylic acids is 1. The van der Waals surface area contributed by atoms with E-state index in [1.54, 1.807) is 0 Å². The maximum Gasteiger partial charge on any atom is 0.340 e. The number of carbonyl (C=O) groups is 1. The maximum absolute atomic E-state index is 12.1. The molecule has 1 aromatic heterocycles. The van der Waals surface area contributed by atoms with Crippen LogP contribution in [0.15, 0.2) is 11.2 Å². The van der Waals surface area contributed by atoms with Crippen molar-refractivity contribution < 1.29 is 23.4 Å². The van der Waals surface area contributed by atoms with Crippen LogP contribution in [0.1, 0.15) is 36.0 Å². The molecule has 4 N–H and O–H groups in total. The van der Waals surface area contributed by atoms with E-state index in [9.17, 15) is 18.3 Å². The van der Waals surface area contributed by atoms with Gasteiger partial charge in [-0.1, -0.05) is 12.8 Å². The second-order valence-electron chi connectivity index (χ2n) is 5.26. The van der Waals surface area contributed by atoms with Gasteiger partial charge >= 0.3 is 5.97 Å². The Morgan fingerprint density at radius 3 is 2.67 bits per heavy atom. The summed E-state index contributed by atoms with van der Waals surface area (Å²) in [7, 11) is -3.95. The molecule has 2 atom stereocenters. The molecule has 21 heavy (non-hydrogen) atoms. The van der Waals surface area contributed by atoms with Gasteiger partial charge in [0.05, 0.1) is 6.20 Å². The van der Waals surface area contributed by atoms with Crippen molar-refractivity contribution in [1.82, 2.24) is 14.9 Å². The zero-order valence-corrected chi connectivity index (χ0v) is 12.3. The van der Waals surface area contributed by atoms with Crippen LogP contribution in [-0.4, -0.2) is 47.9 Å². The second-order valence-corrected chi connectivity index (χ2v) is 6.96. The van der Waals surface area contributed by atoms with Crippen molar-refractivity contribution in [2.45, 2.75) is 30.7 Å². The molecule has 0 amide bonds. The molecule has 2 unspecified atom stereocenters. The van der Waals surface area contributed by atoms with Crippen LogP contribution in [0.5, 0.6) is 0 Å². The molecule has 1 aromatic rings. The van der Waals surface area contributed by atoms with E-state index < -0.39 is 21.0 Å². The number of nitrogens with zero attached hydrogens (tertiary/aromatic N) is 1. The van der Waals surface area contributed by atoms with Crippen LogP contribution in [0, 0.1) is 11.8 Å². The van der Waals surface area contributed by atoms with Crippen LogP contribution < -0.4 is 4.72 Å². The number of rotatable bonds is 6. The number of aliphatic hydroxyl groups is 1. The van der Waals surface area contributed by atoms with Gasteiger partial charge in [0.1, 0.15) is 5.56 Å². The smallest absolute Gasteiger partial charge is 0.340 e. The molecule has 0 radical (unpaired) electrons. The van der Waals surface area contributed by atoms with Crippen molar-refractivity contribution in [3.63, 3.8) is 0 Å². The van der Waals surface area contributed by atoms with Crippen molar-refractivity contribution >= 4 is 16.0 Å². The molecule has 8 nitrogen and oxygen atoms in total. The third-order valence-electron chi connectivity index (χ3n) is 3.94. The number of carboxylic acid groups (broad SMARTS) is 1. The average molecular weight is 317 g/mol. The van der Waals surface area contributed by atoms with Crippen molar-refractivity contribution in [2.75, 3.05) is 13.2 Å². The normalized spacial score (nSPS) is 23.1. The van der Waals surface area contributed by atoms with E-state index in [4.69, 9.17) is 5.11 Å². The highest BCUT2D eigenvalue weighted by Crippen LogP contribution is 2.29. The van der Waals surface area contributed by atoms with Crippen LogP contribution >= 0.6 is 0 Å². The van der Waals surface area contributed by atoms with Gasteiger partial charge in [-0.15, -0.1) is 0 Å². The Kier molecular flexibility index (Phi) is 4.96. The summed E-state index contributed by atoms with van der Waals surface area (Å²) < 4.78 is 26.7. The third kappa shape index (κ3) is 3.60. The fraction of sp³-hybridized carbons (Fsp3) is 0.667. The number of aromatic carboxylic acids is 1. The van der Waals surface area contributed by atoms with Crippen molar-refractivity contribution in [2.24, 2.45) is 11.8 Å². The summed E-state index contributed by atoms with van der Waals surface area (Å²) in [5, 5.41) is 23.5. The predicted molar refractivity (Wildman–Crippen MR) is 73.3 cm³/mol. The van der Waals surface area contributed by atoms with Gasteiger partial charge in [0, 0.05) is 13.2 Å². The SMILES string of the molecule is O=C(O)c1cn[nH]c1S(=O)(=O)NCC1CCCCC1CO. The summed E-state index contributed by atoms with van der Waals surface area (Å²) in [6, 6.07) is 0. The van der Waals surface area contributed by atoms with Crippen LogP contribution in [0.2, 0.25) is 0 Å². The zero-order valence-electron chi connectivity index (χ0n) is 11.4. The highest BCUT2D eigenvalue weighted by Gasteiger charge is 2.29. The largest absolute Gasteiger partial charge is 0.478 e. The number of hydrogen-bond acceptors (Lipinski definition) is 5. The lowest BCUT2D eigenvalue weighted by molar-refractivity contribution is 0.0692. The van der Waals surface area contributed by atoms with Crippen LogP contribution in [0.25, 0.3) is 0 Å². The molecule has 2 rings (SSSR count). The van der Waals surface area contributed by atoms with Gasteiger partial charge in [0.2, 0.25) is 0 Å². The first kappa shape index (κ1) is 15.9. The molecule has 1 heterocycles. The standard InChI is InChI=1S/C12H19N3O5S/c16-7-9-4-2-1-3-8(9)5-14-21(19,20)11-10(12(17)18)6-13-15-11/h6,8-9,14,16H,1-5,7H2,(H,13,15)(H,17,18). The molecule has 1 saturated carbocycles. The van der Waals surface area contributed by atoms with E-state index in [0.29, 0.717) is 0 Å². The molecule has 0 aliphatic heterocycles. The van der Waals surface area contributed by atoms with E-state index in [0.717, 1.165) is 31.9 Å². The van der Waals surface area contributed by atoms with E-state index in [1.807, 2.05) is 0 Å². The number of nitrogens with one attached hydrogen (secondary N) is 2. The molecule has 1 aliphatic carbocycles. The van der Waals surface area contributed by atoms with Gasteiger partial charge in [-0.25, -0.2) is 17.9 Å². The topological polar surface area (TPSA) is 132 Å². The first-order chi connectivity index (χ1) is 9.95. The minimum atomic E-state index is -3.95. The van der Waals surface area contributed by atoms with Crippen LogP contribution in [-0.2, 0) is 10.0 Å². The maximum atomic E-state index is 12.1. The Hall–Kier alpha value is -1.45. The lowest BCUT2D eigenvalue weighted by Gasteiger charge is -2.30. The Balaban J connectivity index is 2.07. The monoisotopic (exact) mass is 317 g/mol. The zero-order chi connectivity index (χ0) is 15.5. The number of aromatic nitrogens is 2. The quantitative estimate of drug-likeness (QED) is 0.592. The molecule has 1 aliphatic rings. The fourth-order valence-electron chi connectivity index (χ4n) is 2.71. The predicted octanol–water partition coefficient (Wildman–Crippen LogP) is 0.185. The van der Waals surface area contributed by atoms with Gasteiger partial charge in [-0.05, 0) is 24.7 Å². The Bertz CT molecular complexity index is 598. The fourth-order valence-corrected chi connectivity index (χ4v) is 3.89. The highest BCUT2D eigenvalue weighted by atomic mass is 32.2. The number of hydrogen-bond donors (Lipinski definition) is 4.